The van der Waals surface area contributed by atoms with Gasteiger partial charge in [-0.1, -0.05) is 6.07 Å². The van der Waals surface area contributed by atoms with E-state index in [2.05, 4.69) is 11.1 Å². The van der Waals surface area contributed by atoms with Gasteiger partial charge >= 0.3 is 0 Å². The molecule has 94 valence electrons. The normalized spacial score (nSPS) is 10.3. The topological polar surface area (TPSA) is 48.1 Å². The molecule has 2 aromatic rings. The molecule has 4 heteroatoms. The van der Waals surface area contributed by atoms with Gasteiger partial charge in [0.1, 0.15) is 5.75 Å². The Hall–Kier alpha value is -1.52. The van der Waals surface area contributed by atoms with Crippen LogP contribution in [-0.2, 0) is 12.3 Å². The number of aromatic nitrogens is 1. The maximum atomic E-state index is 5.58. The first-order chi connectivity index (χ1) is 8.81. The van der Waals surface area contributed by atoms with Gasteiger partial charge < -0.3 is 10.5 Å². The third kappa shape index (κ3) is 3.48. The maximum absolute atomic E-state index is 5.58. The predicted octanol–water partition coefficient (Wildman–Crippen LogP) is 2.84. The molecule has 0 saturated carbocycles. The van der Waals surface area contributed by atoms with Crippen LogP contribution in [0, 0.1) is 0 Å². The average molecular weight is 260 g/mol. The number of nitrogens with two attached hydrogens (primary N) is 1. The van der Waals surface area contributed by atoms with E-state index in [1.165, 1.54) is 10.5 Å². The monoisotopic (exact) mass is 260 g/mol. The summed E-state index contributed by atoms with van der Waals surface area (Å²) in [6.07, 6.45) is 1.81. The SMILES string of the molecule is COc1cccc(SCc2ccnc(CN)c2)c1. The van der Waals surface area contributed by atoms with Gasteiger partial charge in [-0.3, -0.25) is 4.98 Å². The lowest BCUT2D eigenvalue weighted by Gasteiger charge is -2.05. The van der Waals surface area contributed by atoms with Crippen molar-refractivity contribution in [3.05, 3.63) is 53.9 Å². The van der Waals surface area contributed by atoms with Crippen LogP contribution in [-0.4, -0.2) is 12.1 Å². The molecule has 0 aliphatic heterocycles. The van der Waals surface area contributed by atoms with Crippen LogP contribution < -0.4 is 10.5 Å². The quantitative estimate of drug-likeness (QED) is 0.840. The smallest absolute Gasteiger partial charge is 0.119 e. The number of rotatable bonds is 5. The standard InChI is InChI=1S/C14H16N2OS/c1-17-13-3-2-4-14(8-13)18-10-11-5-6-16-12(7-11)9-15/h2-8H,9-10,15H2,1H3. The van der Waals surface area contributed by atoms with Crippen LogP contribution in [0.15, 0.2) is 47.5 Å². The zero-order chi connectivity index (χ0) is 12.8. The summed E-state index contributed by atoms with van der Waals surface area (Å²) in [5.74, 6) is 1.79. The third-order valence-corrected chi connectivity index (χ3v) is 3.60. The van der Waals surface area contributed by atoms with Crippen LogP contribution in [0.3, 0.4) is 0 Å². The fourth-order valence-corrected chi connectivity index (χ4v) is 2.47. The molecule has 0 unspecified atom stereocenters. The summed E-state index contributed by atoms with van der Waals surface area (Å²) in [5, 5.41) is 0. The van der Waals surface area contributed by atoms with E-state index in [0.29, 0.717) is 6.54 Å². The molecule has 1 heterocycles. The zero-order valence-electron chi connectivity index (χ0n) is 10.3. The van der Waals surface area contributed by atoms with Crippen LogP contribution in [0.25, 0.3) is 0 Å². The summed E-state index contributed by atoms with van der Waals surface area (Å²) in [7, 11) is 1.68. The van der Waals surface area contributed by atoms with Crippen LogP contribution in [0.1, 0.15) is 11.3 Å². The van der Waals surface area contributed by atoms with Gasteiger partial charge in [0.25, 0.3) is 0 Å². The Morgan fingerprint density at radius 3 is 2.94 bits per heavy atom. The highest BCUT2D eigenvalue weighted by Crippen LogP contribution is 2.25. The summed E-state index contributed by atoms with van der Waals surface area (Å²) in [5.41, 5.74) is 7.74. The Balaban J connectivity index is 2.01. The lowest BCUT2D eigenvalue weighted by Crippen LogP contribution is -1.99. The van der Waals surface area contributed by atoms with Crippen molar-refractivity contribution in [2.75, 3.05) is 7.11 Å². The Morgan fingerprint density at radius 2 is 2.17 bits per heavy atom. The summed E-state index contributed by atoms with van der Waals surface area (Å²) < 4.78 is 5.20. The number of hydrogen-bond donors (Lipinski definition) is 1. The molecule has 0 spiro atoms. The first-order valence-corrected chi connectivity index (χ1v) is 6.71. The number of nitrogens with zero attached hydrogens (tertiary/aromatic N) is 1. The van der Waals surface area contributed by atoms with Crippen molar-refractivity contribution in [2.24, 2.45) is 5.73 Å². The lowest BCUT2D eigenvalue weighted by atomic mass is 10.2. The van der Waals surface area contributed by atoms with Crippen molar-refractivity contribution in [2.45, 2.75) is 17.2 Å². The minimum atomic E-state index is 0.484. The van der Waals surface area contributed by atoms with Gasteiger partial charge in [0, 0.05) is 23.4 Å². The first kappa shape index (κ1) is 12.9. The van der Waals surface area contributed by atoms with Crippen LogP contribution in [0.4, 0.5) is 0 Å². The largest absolute Gasteiger partial charge is 0.497 e. The fourth-order valence-electron chi connectivity index (χ4n) is 1.59. The van der Waals surface area contributed by atoms with Crippen LogP contribution in [0.2, 0.25) is 0 Å². The lowest BCUT2D eigenvalue weighted by molar-refractivity contribution is 0.413. The summed E-state index contributed by atoms with van der Waals surface area (Å²) >= 11 is 1.77. The van der Waals surface area contributed by atoms with Crippen molar-refractivity contribution in [3.8, 4) is 5.75 Å². The van der Waals surface area contributed by atoms with Gasteiger partial charge in [-0.15, -0.1) is 11.8 Å². The number of thioether (sulfide) groups is 1. The number of pyridine rings is 1. The van der Waals surface area contributed by atoms with Gasteiger partial charge in [-0.2, -0.15) is 0 Å². The first-order valence-electron chi connectivity index (χ1n) is 5.72. The van der Waals surface area contributed by atoms with Crippen molar-refractivity contribution >= 4 is 11.8 Å². The summed E-state index contributed by atoms with van der Waals surface area (Å²) in [6, 6.07) is 12.1. The summed E-state index contributed by atoms with van der Waals surface area (Å²) in [6.45, 7) is 0.484. The Labute approximate surface area is 111 Å². The van der Waals surface area contributed by atoms with Crippen molar-refractivity contribution in [1.29, 1.82) is 0 Å². The van der Waals surface area contributed by atoms with Gasteiger partial charge in [0.15, 0.2) is 0 Å². The van der Waals surface area contributed by atoms with Gasteiger partial charge in [-0.25, -0.2) is 0 Å². The molecule has 0 bridgehead atoms. The third-order valence-electron chi connectivity index (χ3n) is 2.54. The van der Waals surface area contributed by atoms with E-state index in [1.54, 1.807) is 18.9 Å². The molecule has 0 aliphatic rings. The number of hydrogen-bond acceptors (Lipinski definition) is 4. The Kier molecular flexibility index (Phi) is 4.61. The van der Waals surface area contributed by atoms with Crippen LogP contribution >= 0.6 is 11.8 Å². The molecule has 2 rings (SSSR count). The highest BCUT2D eigenvalue weighted by atomic mass is 32.2. The molecular formula is C14H16N2OS. The second-order valence-electron chi connectivity index (χ2n) is 3.83. The van der Waals surface area contributed by atoms with Crippen LogP contribution in [0.5, 0.6) is 5.75 Å². The minimum absolute atomic E-state index is 0.484. The summed E-state index contributed by atoms with van der Waals surface area (Å²) in [4.78, 5) is 5.38. The van der Waals surface area contributed by atoms with Crippen molar-refractivity contribution in [3.63, 3.8) is 0 Å². The Bertz CT molecular complexity index is 469. The molecule has 1 aromatic carbocycles. The highest BCUT2D eigenvalue weighted by Gasteiger charge is 2.00. The molecule has 0 atom stereocenters. The molecule has 1 aromatic heterocycles. The molecule has 0 amide bonds. The maximum Gasteiger partial charge on any atom is 0.119 e. The van der Waals surface area contributed by atoms with Crippen molar-refractivity contribution < 1.29 is 4.74 Å². The average Bonchev–Trinajstić information content (AvgIpc) is 2.45. The van der Waals surface area contributed by atoms with E-state index in [9.17, 15) is 0 Å². The van der Waals surface area contributed by atoms with E-state index < -0.39 is 0 Å². The molecular weight excluding hydrogens is 244 g/mol. The molecule has 0 fully saturated rings. The van der Waals surface area contributed by atoms with Gasteiger partial charge in [0.2, 0.25) is 0 Å². The molecule has 3 nitrogen and oxygen atoms in total. The second-order valence-corrected chi connectivity index (χ2v) is 4.88. The molecule has 0 aliphatic carbocycles. The molecule has 18 heavy (non-hydrogen) atoms. The van der Waals surface area contributed by atoms with Gasteiger partial charge in [-0.05, 0) is 35.9 Å². The van der Waals surface area contributed by atoms with E-state index in [1.807, 2.05) is 36.5 Å². The molecule has 0 saturated heterocycles. The van der Waals surface area contributed by atoms with Crippen molar-refractivity contribution in [1.82, 2.24) is 4.98 Å². The fraction of sp³-hybridized carbons (Fsp3) is 0.214. The number of benzene rings is 1. The zero-order valence-corrected chi connectivity index (χ0v) is 11.1. The van der Waals surface area contributed by atoms with E-state index >= 15 is 0 Å². The minimum Gasteiger partial charge on any atom is -0.497 e. The van der Waals surface area contributed by atoms with E-state index in [0.717, 1.165) is 17.2 Å². The van der Waals surface area contributed by atoms with E-state index in [4.69, 9.17) is 10.5 Å². The van der Waals surface area contributed by atoms with Gasteiger partial charge in [0.05, 0.1) is 12.8 Å². The highest BCUT2D eigenvalue weighted by molar-refractivity contribution is 7.98. The number of methoxy groups -OCH3 is 1. The number of ether oxygens (including phenoxy) is 1. The second kappa shape index (κ2) is 6.42. The Morgan fingerprint density at radius 1 is 1.28 bits per heavy atom. The molecule has 0 radical (unpaired) electrons. The molecule has 2 N–H and O–H groups in total. The predicted molar refractivity (Wildman–Crippen MR) is 74.7 cm³/mol. The van der Waals surface area contributed by atoms with E-state index in [-0.39, 0.29) is 0 Å².